The predicted molar refractivity (Wildman–Crippen MR) is 90.3 cm³/mol. The predicted octanol–water partition coefficient (Wildman–Crippen LogP) is 1.34. The van der Waals surface area contributed by atoms with Crippen molar-refractivity contribution in [2.24, 2.45) is 7.05 Å². The second-order valence-electron chi connectivity index (χ2n) is 6.40. The van der Waals surface area contributed by atoms with E-state index in [1.54, 1.807) is 20.2 Å². The highest BCUT2D eigenvalue weighted by molar-refractivity contribution is 6.06. The lowest BCUT2D eigenvalue weighted by molar-refractivity contribution is 0.0721. The molecule has 0 spiro atoms. The molecule has 8 nitrogen and oxygen atoms in total. The molecule has 1 aliphatic heterocycles. The number of aryl methyl sites for hydroxylation is 2. The van der Waals surface area contributed by atoms with E-state index in [2.05, 4.69) is 10.1 Å². The van der Waals surface area contributed by atoms with E-state index in [0.717, 1.165) is 12.8 Å². The Morgan fingerprint density at radius 1 is 1.44 bits per heavy atom. The Labute approximate surface area is 143 Å². The molecule has 1 atom stereocenters. The van der Waals surface area contributed by atoms with E-state index >= 15 is 0 Å². The quantitative estimate of drug-likeness (QED) is 0.717. The Balaban J connectivity index is 1.73. The summed E-state index contributed by atoms with van der Waals surface area (Å²) in [5.41, 5.74) is 0.274. The second kappa shape index (κ2) is 5.87. The summed E-state index contributed by atoms with van der Waals surface area (Å²) in [6.07, 6.45) is 6.86. The third-order valence-corrected chi connectivity index (χ3v) is 4.76. The van der Waals surface area contributed by atoms with Crippen LogP contribution in [0.1, 0.15) is 29.0 Å². The third kappa shape index (κ3) is 2.54. The molecule has 1 amide bonds. The molecular weight excluding hydrogens is 322 g/mol. The van der Waals surface area contributed by atoms with Crippen molar-refractivity contribution in [3.63, 3.8) is 0 Å². The van der Waals surface area contributed by atoms with Crippen molar-refractivity contribution in [2.75, 3.05) is 6.54 Å². The molecule has 0 unspecified atom stereocenters. The fourth-order valence-corrected chi connectivity index (χ4v) is 3.51. The summed E-state index contributed by atoms with van der Waals surface area (Å²) in [4.78, 5) is 31.7. The Hall–Kier alpha value is -2.90. The summed E-state index contributed by atoms with van der Waals surface area (Å²) in [5, 5.41) is 4.49. The van der Waals surface area contributed by atoms with Crippen LogP contribution in [0, 0.1) is 6.92 Å². The Kier molecular flexibility index (Phi) is 3.67. The average molecular weight is 341 g/mol. The van der Waals surface area contributed by atoms with Crippen LogP contribution in [0.4, 0.5) is 0 Å². The van der Waals surface area contributed by atoms with Gasteiger partial charge in [0.1, 0.15) is 17.5 Å². The first-order valence-corrected chi connectivity index (χ1v) is 8.29. The number of nitrogens with zero attached hydrogens (tertiary/aromatic N) is 5. The van der Waals surface area contributed by atoms with E-state index in [1.807, 2.05) is 21.8 Å². The molecule has 25 heavy (non-hydrogen) atoms. The number of rotatable bonds is 3. The van der Waals surface area contributed by atoms with Crippen LogP contribution in [-0.4, -0.2) is 42.7 Å². The van der Waals surface area contributed by atoms with Crippen LogP contribution >= 0.6 is 0 Å². The van der Waals surface area contributed by atoms with E-state index in [0.29, 0.717) is 24.4 Å². The van der Waals surface area contributed by atoms with Gasteiger partial charge in [-0.3, -0.25) is 14.3 Å². The first kappa shape index (κ1) is 15.6. The lowest BCUT2D eigenvalue weighted by Gasteiger charge is -2.24. The van der Waals surface area contributed by atoms with Crippen molar-refractivity contribution >= 4 is 17.0 Å². The molecular formula is C17H19N5O3. The molecule has 0 aromatic carbocycles. The molecule has 4 heterocycles. The largest absolute Gasteiger partial charge is 0.442 e. The SMILES string of the molecule is Cc1oc2ncn(C)c(=O)c2c1C(=O)N1CCC[C@H]1Cn1cccn1. The zero-order chi connectivity index (χ0) is 17.6. The normalized spacial score (nSPS) is 17.5. The van der Waals surface area contributed by atoms with Crippen LogP contribution < -0.4 is 5.56 Å². The number of likely N-dealkylation sites (tertiary alicyclic amines) is 1. The lowest BCUT2D eigenvalue weighted by atomic mass is 10.1. The Morgan fingerprint density at radius 2 is 2.28 bits per heavy atom. The van der Waals surface area contributed by atoms with Crippen molar-refractivity contribution in [1.29, 1.82) is 0 Å². The third-order valence-electron chi connectivity index (χ3n) is 4.76. The first-order valence-electron chi connectivity index (χ1n) is 8.29. The van der Waals surface area contributed by atoms with Crippen LogP contribution in [0.3, 0.4) is 0 Å². The number of hydrogen-bond acceptors (Lipinski definition) is 5. The van der Waals surface area contributed by atoms with Gasteiger partial charge in [-0.25, -0.2) is 4.98 Å². The zero-order valence-corrected chi connectivity index (χ0v) is 14.2. The van der Waals surface area contributed by atoms with Crippen molar-refractivity contribution in [2.45, 2.75) is 32.4 Å². The maximum atomic E-state index is 13.2. The van der Waals surface area contributed by atoms with Crippen LogP contribution in [0.2, 0.25) is 0 Å². The molecule has 0 bridgehead atoms. The number of amides is 1. The first-order chi connectivity index (χ1) is 12.1. The molecule has 1 fully saturated rings. The molecule has 3 aromatic rings. The van der Waals surface area contributed by atoms with Gasteiger partial charge in [-0.1, -0.05) is 0 Å². The number of carbonyl (C=O) groups is 1. The topological polar surface area (TPSA) is 86.2 Å². The number of fused-ring (bicyclic) bond motifs is 1. The van der Waals surface area contributed by atoms with E-state index in [1.165, 1.54) is 10.9 Å². The summed E-state index contributed by atoms with van der Waals surface area (Å²) in [7, 11) is 1.61. The maximum Gasteiger partial charge on any atom is 0.265 e. The van der Waals surface area contributed by atoms with Gasteiger partial charge < -0.3 is 13.9 Å². The second-order valence-corrected chi connectivity index (χ2v) is 6.40. The molecule has 0 saturated carbocycles. The maximum absolute atomic E-state index is 13.2. The molecule has 8 heteroatoms. The summed E-state index contributed by atoms with van der Waals surface area (Å²) >= 11 is 0. The number of aromatic nitrogens is 4. The minimum atomic E-state index is -0.270. The van der Waals surface area contributed by atoms with Gasteiger partial charge in [-0.2, -0.15) is 5.10 Å². The van der Waals surface area contributed by atoms with Gasteiger partial charge in [-0.05, 0) is 25.8 Å². The fourth-order valence-electron chi connectivity index (χ4n) is 3.51. The lowest BCUT2D eigenvalue weighted by Crippen LogP contribution is -2.38. The van der Waals surface area contributed by atoms with Crippen molar-refractivity contribution in [3.05, 3.63) is 46.5 Å². The Bertz CT molecular complexity index is 986. The van der Waals surface area contributed by atoms with Crippen LogP contribution in [0.5, 0.6) is 0 Å². The Morgan fingerprint density at radius 3 is 3.04 bits per heavy atom. The smallest absolute Gasteiger partial charge is 0.265 e. The zero-order valence-electron chi connectivity index (χ0n) is 14.2. The molecule has 3 aromatic heterocycles. The molecule has 4 rings (SSSR count). The highest BCUT2D eigenvalue weighted by atomic mass is 16.3. The van der Waals surface area contributed by atoms with Crippen molar-refractivity contribution < 1.29 is 9.21 Å². The number of furan rings is 1. The van der Waals surface area contributed by atoms with Crippen LogP contribution in [-0.2, 0) is 13.6 Å². The summed E-state index contributed by atoms with van der Waals surface area (Å²) in [6, 6.07) is 1.92. The highest BCUT2D eigenvalue weighted by Gasteiger charge is 2.33. The van der Waals surface area contributed by atoms with Gasteiger partial charge in [0.2, 0.25) is 5.71 Å². The van der Waals surface area contributed by atoms with Crippen LogP contribution in [0.15, 0.2) is 34.0 Å². The van der Waals surface area contributed by atoms with Gasteiger partial charge in [-0.15, -0.1) is 0 Å². The van der Waals surface area contributed by atoms with Crippen molar-refractivity contribution in [1.82, 2.24) is 24.2 Å². The minimum Gasteiger partial charge on any atom is -0.442 e. The van der Waals surface area contributed by atoms with E-state index in [4.69, 9.17) is 4.42 Å². The summed E-state index contributed by atoms with van der Waals surface area (Å²) < 4.78 is 8.76. The molecule has 130 valence electrons. The molecule has 1 saturated heterocycles. The summed E-state index contributed by atoms with van der Waals surface area (Å²) in [6.45, 7) is 3.01. The molecule has 0 aliphatic carbocycles. The summed E-state index contributed by atoms with van der Waals surface area (Å²) in [5.74, 6) is 0.261. The van der Waals surface area contributed by atoms with Crippen LogP contribution in [0.25, 0.3) is 11.1 Å². The standard InChI is InChI=1S/C17H19N5O3/c1-11-13(14-15(25-11)18-10-20(2)16(14)23)17(24)22-8-3-5-12(22)9-21-7-4-6-19-21/h4,6-7,10,12H,3,5,8-9H2,1-2H3/t12-/m0/s1. The molecule has 0 radical (unpaired) electrons. The number of hydrogen-bond donors (Lipinski definition) is 0. The van der Waals surface area contributed by atoms with E-state index < -0.39 is 0 Å². The molecule has 0 N–H and O–H groups in total. The van der Waals surface area contributed by atoms with Gasteiger partial charge >= 0.3 is 0 Å². The van der Waals surface area contributed by atoms with Gasteiger partial charge in [0, 0.05) is 26.0 Å². The van der Waals surface area contributed by atoms with Gasteiger partial charge in [0.05, 0.1) is 18.2 Å². The monoisotopic (exact) mass is 341 g/mol. The molecule has 1 aliphatic rings. The average Bonchev–Trinajstić information content (AvgIpc) is 3.31. The van der Waals surface area contributed by atoms with E-state index in [-0.39, 0.29) is 28.6 Å². The van der Waals surface area contributed by atoms with E-state index in [9.17, 15) is 9.59 Å². The van der Waals surface area contributed by atoms with Crippen molar-refractivity contribution in [3.8, 4) is 0 Å². The van der Waals surface area contributed by atoms with Gasteiger partial charge in [0.25, 0.3) is 11.5 Å². The minimum absolute atomic E-state index is 0.0530. The highest BCUT2D eigenvalue weighted by Crippen LogP contribution is 2.27. The fraction of sp³-hybridized carbons (Fsp3) is 0.412. The van der Waals surface area contributed by atoms with Gasteiger partial charge in [0.15, 0.2) is 0 Å². The number of carbonyl (C=O) groups excluding carboxylic acids is 1.